The van der Waals surface area contributed by atoms with Crippen molar-refractivity contribution in [3.05, 3.63) is 47.4 Å². The van der Waals surface area contributed by atoms with Gasteiger partial charge in [-0.25, -0.2) is 15.0 Å². The van der Waals surface area contributed by atoms with E-state index in [1.165, 1.54) is 10.5 Å². The smallest absolute Gasteiger partial charge is 0.167 e. The number of anilines is 1. The lowest BCUT2D eigenvalue weighted by molar-refractivity contribution is 0.00876. The third-order valence-corrected chi connectivity index (χ3v) is 6.36. The molecule has 0 bridgehead atoms. The second kappa shape index (κ2) is 7.48. The molecule has 0 radical (unpaired) electrons. The molecule has 2 aromatic heterocycles. The number of thioether (sulfide) groups is 1. The maximum atomic E-state index is 10.5. The minimum absolute atomic E-state index is 0.125. The summed E-state index contributed by atoms with van der Waals surface area (Å²) in [5, 5.41) is 2.96. The van der Waals surface area contributed by atoms with Crippen LogP contribution in [0.1, 0.15) is 24.6 Å². The van der Waals surface area contributed by atoms with Crippen molar-refractivity contribution in [3.8, 4) is 0 Å². The molecule has 3 aromatic rings. The number of benzene rings is 1. The van der Waals surface area contributed by atoms with Gasteiger partial charge in [-0.05, 0) is 24.5 Å². The number of rotatable bonds is 4. The van der Waals surface area contributed by atoms with Gasteiger partial charge in [0.05, 0.1) is 12.4 Å². The van der Waals surface area contributed by atoms with Crippen LogP contribution in [0.4, 0.5) is 5.82 Å². The molecular formula is C19H20N6O2S. The number of imidazole rings is 1. The van der Waals surface area contributed by atoms with Crippen LogP contribution in [0.3, 0.4) is 0 Å². The predicted molar refractivity (Wildman–Crippen MR) is 107 cm³/mol. The summed E-state index contributed by atoms with van der Waals surface area (Å²) in [5.41, 5.74) is 2.85. The van der Waals surface area contributed by atoms with Crippen LogP contribution in [0.15, 0.2) is 47.0 Å². The summed E-state index contributed by atoms with van der Waals surface area (Å²) >= 11 is 1.88. The van der Waals surface area contributed by atoms with Crippen LogP contribution in [0.5, 0.6) is 0 Å². The highest BCUT2D eigenvalue weighted by Gasteiger charge is 2.29. The van der Waals surface area contributed by atoms with E-state index in [0.29, 0.717) is 0 Å². The van der Waals surface area contributed by atoms with Crippen molar-refractivity contribution in [3.63, 3.8) is 0 Å². The minimum Gasteiger partial charge on any atom is -0.353 e. The van der Waals surface area contributed by atoms with Crippen LogP contribution in [0.25, 0.3) is 11.2 Å². The molecule has 0 N–H and O–H groups in total. The predicted octanol–water partition coefficient (Wildman–Crippen LogP) is 3.38. The number of fused-ring (bicyclic) bond motifs is 2. The van der Waals surface area contributed by atoms with Crippen molar-refractivity contribution >= 4 is 28.7 Å². The maximum absolute atomic E-state index is 10.5. The van der Waals surface area contributed by atoms with Crippen molar-refractivity contribution in [2.75, 3.05) is 23.7 Å². The first kappa shape index (κ1) is 17.6. The molecule has 0 amide bonds. The van der Waals surface area contributed by atoms with E-state index in [-0.39, 0.29) is 18.9 Å². The average Bonchev–Trinajstić information content (AvgIpc) is 3.29. The van der Waals surface area contributed by atoms with Gasteiger partial charge in [-0.1, -0.05) is 23.4 Å². The number of ether oxygens (including phenoxy) is 1. The maximum Gasteiger partial charge on any atom is 0.167 e. The van der Waals surface area contributed by atoms with Gasteiger partial charge in [0.25, 0.3) is 0 Å². The van der Waals surface area contributed by atoms with Crippen LogP contribution < -0.4 is 4.90 Å². The molecule has 4 heterocycles. The molecule has 144 valence electrons. The lowest BCUT2D eigenvalue weighted by Crippen LogP contribution is -2.25. The molecule has 2 unspecified atom stereocenters. The first-order chi connectivity index (χ1) is 13.8. The van der Waals surface area contributed by atoms with E-state index in [1.807, 2.05) is 16.3 Å². The summed E-state index contributed by atoms with van der Waals surface area (Å²) in [6.07, 6.45) is 4.71. The van der Waals surface area contributed by atoms with Crippen molar-refractivity contribution in [1.29, 1.82) is 0 Å². The molecule has 1 saturated heterocycles. The average molecular weight is 396 g/mol. The Balaban J connectivity index is 1.47. The second-order valence-corrected chi connectivity index (χ2v) is 8.14. The Hall–Kier alpha value is -2.52. The Bertz CT molecular complexity index is 1010. The fourth-order valence-electron chi connectivity index (χ4n) is 3.90. The van der Waals surface area contributed by atoms with E-state index < -0.39 is 0 Å². The highest BCUT2D eigenvalue weighted by Crippen LogP contribution is 2.34. The Morgan fingerprint density at radius 2 is 2.14 bits per heavy atom. The molecule has 0 saturated carbocycles. The van der Waals surface area contributed by atoms with Gasteiger partial charge >= 0.3 is 0 Å². The topological polar surface area (TPSA) is 85.5 Å². The molecule has 1 fully saturated rings. The normalized spacial score (nSPS) is 22.2. The van der Waals surface area contributed by atoms with Gasteiger partial charge in [-0.3, -0.25) is 4.57 Å². The zero-order valence-electron chi connectivity index (χ0n) is 15.3. The summed E-state index contributed by atoms with van der Waals surface area (Å²) in [7, 11) is 0. The number of hydrogen-bond acceptors (Lipinski definition) is 8. The fraction of sp³-hybridized carbons (Fsp3) is 0.421. The summed E-state index contributed by atoms with van der Waals surface area (Å²) in [6.45, 7) is 1.88. The van der Waals surface area contributed by atoms with Crippen molar-refractivity contribution in [2.45, 2.75) is 36.6 Å². The minimum atomic E-state index is -0.167. The lowest BCUT2D eigenvalue weighted by Gasteiger charge is -2.22. The molecule has 9 heteroatoms. The van der Waals surface area contributed by atoms with Crippen LogP contribution >= 0.6 is 11.8 Å². The monoisotopic (exact) mass is 396 g/mol. The van der Waals surface area contributed by atoms with E-state index in [9.17, 15) is 4.91 Å². The largest absolute Gasteiger partial charge is 0.353 e. The second-order valence-electron chi connectivity index (χ2n) is 7.00. The summed E-state index contributed by atoms with van der Waals surface area (Å²) in [5.74, 6) is 1.85. The molecule has 2 aliphatic rings. The van der Waals surface area contributed by atoms with Crippen LogP contribution in [-0.2, 0) is 11.3 Å². The Kier molecular flexibility index (Phi) is 4.69. The molecule has 8 nitrogen and oxygen atoms in total. The number of nitrogens with zero attached hydrogens (tertiary/aromatic N) is 6. The van der Waals surface area contributed by atoms with Crippen molar-refractivity contribution < 1.29 is 4.74 Å². The van der Waals surface area contributed by atoms with E-state index in [4.69, 9.17) is 4.74 Å². The Morgan fingerprint density at radius 3 is 3.07 bits per heavy atom. The zero-order valence-corrected chi connectivity index (χ0v) is 16.1. The van der Waals surface area contributed by atoms with Gasteiger partial charge in [0.1, 0.15) is 19.1 Å². The molecule has 5 rings (SSSR count). The van der Waals surface area contributed by atoms with Crippen molar-refractivity contribution in [1.82, 2.24) is 19.5 Å². The molecular weight excluding hydrogens is 376 g/mol. The Labute approximate surface area is 166 Å². The van der Waals surface area contributed by atoms with E-state index in [2.05, 4.69) is 49.3 Å². The molecule has 2 atom stereocenters. The zero-order chi connectivity index (χ0) is 18.9. The third kappa shape index (κ3) is 3.14. The summed E-state index contributed by atoms with van der Waals surface area (Å²) in [4.78, 5) is 27.8. The van der Waals surface area contributed by atoms with Crippen LogP contribution in [-0.4, -0.2) is 44.5 Å². The molecule has 2 aliphatic heterocycles. The van der Waals surface area contributed by atoms with Gasteiger partial charge in [0.15, 0.2) is 17.0 Å². The molecule has 0 aliphatic carbocycles. The highest BCUT2D eigenvalue weighted by atomic mass is 32.2. The van der Waals surface area contributed by atoms with E-state index in [1.54, 1.807) is 12.7 Å². The van der Waals surface area contributed by atoms with E-state index >= 15 is 0 Å². The number of aromatic nitrogens is 4. The van der Waals surface area contributed by atoms with Gasteiger partial charge < -0.3 is 9.64 Å². The van der Waals surface area contributed by atoms with Gasteiger partial charge in [-0.2, -0.15) is 4.91 Å². The quantitative estimate of drug-likeness (QED) is 0.625. The highest BCUT2D eigenvalue weighted by molar-refractivity contribution is 7.99. The number of nitroso groups, excluding NO2 is 1. The van der Waals surface area contributed by atoms with Crippen LogP contribution in [0.2, 0.25) is 0 Å². The fourth-order valence-corrected chi connectivity index (χ4v) is 4.92. The third-order valence-electron chi connectivity index (χ3n) is 5.27. The Morgan fingerprint density at radius 1 is 1.21 bits per heavy atom. The molecule has 0 spiro atoms. The van der Waals surface area contributed by atoms with Crippen LogP contribution in [0, 0.1) is 4.91 Å². The first-order valence-corrected chi connectivity index (χ1v) is 10.4. The summed E-state index contributed by atoms with van der Waals surface area (Å²) < 4.78 is 7.91. The van der Waals surface area contributed by atoms with Gasteiger partial charge in [0.2, 0.25) is 0 Å². The molecule has 1 aromatic carbocycles. The first-order valence-electron chi connectivity index (χ1n) is 9.41. The van der Waals surface area contributed by atoms with Gasteiger partial charge in [-0.15, -0.1) is 11.8 Å². The SMILES string of the molecule is O=NCC1CCC(n2cnc3c(N4CCSc5ccccc5C4)ncnc32)O1. The lowest BCUT2D eigenvalue weighted by atomic mass is 10.2. The molecule has 28 heavy (non-hydrogen) atoms. The van der Waals surface area contributed by atoms with Gasteiger partial charge in [0, 0.05) is 23.7 Å². The number of hydrogen-bond donors (Lipinski definition) is 0. The summed E-state index contributed by atoms with van der Waals surface area (Å²) in [6, 6.07) is 8.51. The van der Waals surface area contributed by atoms with E-state index in [0.717, 1.165) is 48.7 Å². The van der Waals surface area contributed by atoms with Crippen molar-refractivity contribution in [2.24, 2.45) is 5.18 Å². The standard InChI is InChI=1S/C19H20N6O2S/c26-23-9-14-5-6-16(27-14)25-12-22-17-18(20-11-21-19(17)25)24-7-8-28-15-4-2-1-3-13(15)10-24/h1-4,11-12,14,16H,5-10H2.